The first-order valence-corrected chi connectivity index (χ1v) is 9.64. The Hall–Kier alpha value is -2.25. The molecule has 4 nitrogen and oxygen atoms in total. The molecule has 1 aliphatic rings. The lowest BCUT2D eigenvalue weighted by Crippen LogP contribution is -2.46. The van der Waals surface area contributed by atoms with Crippen LogP contribution in [0.15, 0.2) is 42.5 Å². The molecule has 0 saturated carbocycles. The maximum Gasteiger partial charge on any atom is 0.417 e. The van der Waals surface area contributed by atoms with Crippen LogP contribution in [0, 0.1) is 0 Å². The third-order valence-corrected chi connectivity index (χ3v) is 5.30. The first-order valence-electron chi connectivity index (χ1n) is 8.88. The Balaban J connectivity index is 1.62. The van der Waals surface area contributed by atoms with Crippen LogP contribution in [0.5, 0.6) is 0 Å². The molecule has 29 heavy (non-hydrogen) atoms. The SMILES string of the molecule is O=C(NC1CCN(C(=O)c2ccccc2C(F)(F)F)CC1)c1ccc(Cl)cc1Cl. The number of hydrogen-bond acceptors (Lipinski definition) is 2. The van der Waals surface area contributed by atoms with E-state index in [2.05, 4.69) is 5.32 Å². The number of hydrogen-bond donors (Lipinski definition) is 1. The fraction of sp³-hybridized carbons (Fsp3) is 0.300. The highest BCUT2D eigenvalue weighted by Gasteiger charge is 2.36. The summed E-state index contributed by atoms with van der Waals surface area (Å²) < 4.78 is 39.5. The average Bonchev–Trinajstić information content (AvgIpc) is 2.67. The van der Waals surface area contributed by atoms with Gasteiger partial charge in [-0.3, -0.25) is 9.59 Å². The van der Waals surface area contributed by atoms with Gasteiger partial charge in [0.2, 0.25) is 0 Å². The molecule has 0 unspecified atom stereocenters. The second-order valence-corrected chi connectivity index (χ2v) is 7.55. The quantitative estimate of drug-likeness (QED) is 0.720. The normalized spacial score (nSPS) is 15.3. The van der Waals surface area contributed by atoms with Crippen molar-refractivity contribution in [2.24, 2.45) is 0 Å². The third kappa shape index (κ3) is 5.03. The maximum absolute atomic E-state index is 13.2. The van der Waals surface area contributed by atoms with Crippen LogP contribution in [0.2, 0.25) is 10.0 Å². The van der Waals surface area contributed by atoms with Crippen LogP contribution in [0.3, 0.4) is 0 Å². The summed E-state index contributed by atoms with van der Waals surface area (Å²) in [6, 6.07) is 9.08. The summed E-state index contributed by atoms with van der Waals surface area (Å²) in [5.74, 6) is -1.03. The summed E-state index contributed by atoms with van der Waals surface area (Å²) in [7, 11) is 0. The highest BCUT2D eigenvalue weighted by Crippen LogP contribution is 2.32. The number of rotatable bonds is 3. The van der Waals surface area contributed by atoms with Crippen molar-refractivity contribution in [1.82, 2.24) is 10.2 Å². The molecule has 9 heteroatoms. The van der Waals surface area contributed by atoms with Gasteiger partial charge in [-0.1, -0.05) is 35.3 Å². The predicted octanol–water partition coefficient (Wildman–Crippen LogP) is 5.05. The van der Waals surface area contributed by atoms with Crippen molar-refractivity contribution >= 4 is 35.0 Å². The van der Waals surface area contributed by atoms with Gasteiger partial charge in [0.1, 0.15) is 0 Å². The summed E-state index contributed by atoms with van der Waals surface area (Å²) in [4.78, 5) is 26.4. The third-order valence-electron chi connectivity index (χ3n) is 4.76. The minimum Gasteiger partial charge on any atom is -0.349 e. The minimum atomic E-state index is -4.60. The fourth-order valence-corrected chi connectivity index (χ4v) is 3.75. The Bertz CT molecular complexity index is 926. The smallest absolute Gasteiger partial charge is 0.349 e. The van der Waals surface area contributed by atoms with Crippen molar-refractivity contribution in [1.29, 1.82) is 0 Å². The van der Waals surface area contributed by atoms with Crippen LogP contribution in [0.4, 0.5) is 13.2 Å². The van der Waals surface area contributed by atoms with Gasteiger partial charge in [-0.25, -0.2) is 0 Å². The first-order chi connectivity index (χ1) is 13.7. The van der Waals surface area contributed by atoms with E-state index in [-0.39, 0.29) is 41.2 Å². The summed E-state index contributed by atoms with van der Waals surface area (Å²) in [6.07, 6.45) is -3.75. The number of piperidine rings is 1. The van der Waals surface area contributed by atoms with Crippen molar-refractivity contribution in [3.63, 3.8) is 0 Å². The van der Waals surface area contributed by atoms with E-state index in [1.165, 1.54) is 35.2 Å². The van der Waals surface area contributed by atoms with E-state index in [0.29, 0.717) is 17.9 Å². The van der Waals surface area contributed by atoms with Crippen LogP contribution in [0.1, 0.15) is 39.1 Å². The number of benzene rings is 2. The molecule has 0 atom stereocenters. The van der Waals surface area contributed by atoms with Crippen molar-refractivity contribution in [2.45, 2.75) is 25.1 Å². The number of carbonyl (C=O) groups excluding carboxylic acids is 2. The zero-order valence-corrected chi connectivity index (χ0v) is 16.6. The summed E-state index contributed by atoms with van der Waals surface area (Å²) in [5, 5.41) is 3.49. The predicted molar refractivity (Wildman–Crippen MR) is 104 cm³/mol. The molecular formula is C20H17Cl2F3N2O2. The molecule has 1 heterocycles. The molecule has 1 fully saturated rings. The van der Waals surface area contributed by atoms with Crippen molar-refractivity contribution in [2.75, 3.05) is 13.1 Å². The average molecular weight is 445 g/mol. The van der Waals surface area contributed by atoms with Gasteiger partial charge in [-0.2, -0.15) is 13.2 Å². The molecule has 154 valence electrons. The molecule has 2 aromatic rings. The Labute approximate surface area is 175 Å². The van der Waals surface area contributed by atoms with Crippen molar-refractivity contribution in [3.05, 3.63) is 69.2 Å². The number of nitrogens with zero attached hydrogens (tertiary/aromatic N) is 1. The molecule has 0 aromatic heterocycles. The van der Waals surface area contributed by atoms with Gasteiger partial charge >= 0.3 is 6.18 Å². The fourth-order valence-electron chi connectivity index (χ4n) is 3.25. The monoisotopic (exact) mass is 444 g/mol. The molecule has 1 N–H and O–H groups in total. The molecule has 1 aliphatic heterocycles. The molecule has 3 rings (SSSR count). The van der Waals surface area contributed by atoms with Crippen LogP contribution >= 0.6 is 23.2 Å². The highest BCUT2D eigenvalue weighted by molar-refractivity contribution is 6.36. The maximum atomic E-state index is 13.2. The molecule has 2 amide bonds. The zero-order chi connectivity index (χ0) is 21.2. The van der Waals surface area contributed by atoms with Gasteiger partial charge < -0.3 is 10.2 Å². The lowest BCUT2D eigenvalue weighted by molar-refractivity contribution is -0.138. The van der Waals surface area contributed by atoms with Gasteiger partial charge in [-0.15, -0.1) is 0 Å². The molecular weight excluding hydrogens is 428 g/mol. The number of amides is 2. The highest BCUT2D eigenvalue weighted by atomic mass is 35.5. The van der Waals surface area contributed by atoms with Gasteiger partial charge in [0.25, 0.3) is 11.8 Å². The van der Waals surface area contributed by atoms with E-state index in [0.717, 1.165) is 6.07 Å². The Morgan fingerprint density at radius 3 is 2.28 bits per heavy atom. The number of likely N-dealkylation sites (tertiary alicyclic amines) is 1. The topological polar surface area (TPSA) is 49.4 Å². The van der Waals surface area contributed by atoms with Gasteiger partial charge in [0.05, 0.1) is 21.7 Å². The number of alkyl halides is 3. The second kappa shape index (κ2) is 8.63. The largest absolute Gasteiger partial charge is 0.417 e. The summed E-state index contributed by atoms with van der Waals surface area (Å²) in [5.41, 5.74) is -1.03. The molecule has 0 bridgehead atoms. The molecule has 2 aromatic carbocycles. The van der Waals surface area contributed by atoms with Crippen LogP contribution in [-0.2, 0) is 6.18 Å². The lowest BCUT2D eigenvalue weighted by atomic mass is 10.0. The summed E-state index contributed by atoms with van der Waals surface area (Å²) >= 11 is 11.9. The minimum absolute atomic E-state index is 0.212. The van der Waals surface area contributed by atoms with E-state index in [9.17, 15) is 22.8 Å². The van der Waals surface area contributed by atoms with E-state index >= 15 is 0 Å². The van der Waals surface area contributed by atoms with Crippen molar-refractivity contribution in [3.8, 4) is 0 Å². The molecule has 0 aliphatic carbocycles. The second-order valence-electron chi connectivity index (χ2n) is 6.71. The Morgan fingerprint density at radius 1 is 1.00 bits per heavy atom. The Morgan fingerprint density at radius 2 is 1.66 bits per heavy atom. The molecule has 0 radical (unpaired) electrons. The zero-order valence-electron chi connectivity index (χ0n) is 15.1. The first kappa shape index (κ1) is 21.5. The number of halogens is 5. The summed E-state index contributed by atoms with van der Waals surface area (Å²) in [6.45, 7) is 0.481. The van der Waals surface area contributed by atoms with E-state index in [1.807, 2.05) is 0 Å². The van der Waals surface area contributed by atoms with Gasteiger partial charge in [0, 0.05) is 24.2 Å². The van der Waals surface area contributed by atoms with Crippen LogP contribution in [-0.4, -0.2) is 35.8 Å². The van der Waals surface area contributed by atoms with Crippen LogP contribution < -0.4 is 5.32 Å². The number of nitrogens with one attached hydrogen (secondary N) is 1. The standard InChI is InChI=1S/C20H17Cl2F3N2O2/c21-12-5-6-15(17(22)11-12)18(28)26-13-7-9-27(10-8-13)19(29)14-3-1-2-4-16(14)20(23,24)25/h1-6,11,13H,7-10H2,(H,26,28). The number of carbonyl (C=O) groups is 2. The van der Waals surface area contributed by atoms with E-state index in [4.69, 9.17) is 23.2 Å². The van der Waals surface area contributed by atoms with Crippen LogP contribution in [0.25, 0.3) is 0 Å². The molecule has 1 saturated heterocycles. The van der Waals surface area contributed by atoms with Crippen molar-refractivity contribution < 1.29 is 22.8 Å². The lowest BCUT2D eigenvalue weighted by Gasteiger charge is -2.33. The van der Waals surface area contributed by atoms with Gasteiger partial charge in [-0.05, 0) is 43.2 Å². The Kier molecular flexibility index (Phi) is 6.39. The van der Waals surface area contributed by atoms with E-state index in [1.54, 1.807) is 6.07 Å². The van der Waals surface area contributed by atoms with Gasteiger partial charge in [0.15, 0.2) is 0 Å². The van der Waals surface area contributed by atoms with E-state index < -0.39 is 17.6 Å². The molecule has 0 spiro atoms.